The highest BCUT2D eigenvalue weighted by molar-refractivity contribution is 5.27. The van der Waals surface area contributed by atoms with Crippen molar-refractivity contribution in [3.8, 4) is 0 Å². The van der Waals surface area contributed by atoms with Crippen molar-refractivity contribution in [2.24, 2.45) is 0 Å². The minimum absolute atomic E-state index is 0.350. The van der Waals surface area contributed by atoms with Crippen LogP contribution < -0.4 is 5.32 Å². The summed E-state index contributed by atoms with van der Waals surface area (Å²) in [5.74, 6) is 0. The second-order valence-electron chi connectivity index (χ2n) is 5.47. The lowest BCUT2D eigenvalue weighted by molar-refractivity contribution is 0.302. The van der Waals surface area contributed by atoms with E-state index >= 15 is 0 Å². The molecule has 1 aliphatic heterocycles. The molecule has 1 fully saturated rings. The van der Waals surface area contributed by atoms with Crippen LogP contribution in [0.15, 0.2) is 24.3 Å². The molecule has 1 atom stereocenters. The molecule has 1 unspecified atom stereocenters. The molecular formula is C16H25N. The fourth-order valence-electron chi connectivity index (χ4n) is 2.96. The van der Waals surface area contributed by atoms with Crippen LogP contribution in [0.25, 0.3) is 0 Å². The van der Waals surface area contributed by atoms with Crippen molar-refractivity contribution in [2.75, 3.05) is 6.54 Å². The van der Waals surface area contributed by atoms with Crippen LogP contribution in [0.2, 0.25) is 0 Å². The van der Waals surface area contributed by atoms with Crippen molar-refractivity contribution in [3.05, 3.63) is 35.4 Å². The van der Waals surface area contributed by atoms with Crippen LogP contribution >= 0.6 is 0 Å². The van der Waals surface area contributed by atoms with Gasteiger partial charge in [0.15, 0.2) is 0 Å². The summed E-state index contributed by atoms with van der Waals surface area (Å²) in [5, 5.41) is 3.82. The summed E-state index contributed by atoms with van der Waals surface area (Å²) in [6.45, 7) is 5.76. The highest BCUT2D eigenvalue weighted by atomic mass is 15.0. The van der Waals surface area contributed by atoms with Gasteiger partial charge in [-0.3, -0.25) is 0 Å². The molecule has 1 aromatic carbocycles. The fourth-order valence-corrected chi connectivity index (χ4v) is 2.96. The predicted octanol–water partition coefficient (Wildman–Crippen LogP) is 3.85. The third-order valence-electron chi connectivity index (χ3n) is 4.30. The van der Waals surface area contributed by atoms with Gasteiger partial charge < -0.3 is 5.32 Å². The standard InChI is InChI=1S/C16H25N/c1-3-16(11-7-4-8-12-17-16)13-15-10-6-5-9-14(15)2/h5-6,9-10,17H,3-4,7-8,11-13H2,1-2H3. The third kappa shape index (κ3) is 3.10. The van der Waals surface area contributed by atoms with E-state index in [4.69, 9.17) is 0 Å². The van der Waals surface area contributed by atoms with Gasteiger partial charge >= 0.3 is 0 Å². The van der Waals surface area contributed by atoms with E-state index in [9.17, 15) is 0 Å². The lowest BCUT2D eigenvalue weighted by atomic mass is 9.83. The largest absolute Gasteiger partial charge is 0.311 e. The molecule has 1 N–H and O–H groups in total. The Bertz CT molecular complexity index is 348. The zero-order valence-electron chi connectivity index (χ0n) is 11.3. The summed E-state index contributed by atoms with van der Waals surface area (Å²) in [5.41, 5.74) is 3.30. The summed E-state index contributed by atoms with van der Waals surface area (Å²) in [6, 6.07) is 8.83. The zero-order chi connectivity index (χ0) is 12.1. The minimum Gasteiger partial charge on any atom is -0.311 e. The van der Waals surface area contributed by atoms with E-state index in [2.05, 4.69) is 43.4 Å². The van der Waals surface area contributed by atoms with Gasteiger partial charge in [0.05, 0.1) is 0 Å². The lowest BCUT2D eigenvalue weighted by Crippen LogP contribution is -2.46. The van der Waals surface area contributed by atoms with Crippen molar-refractivity contribution in [1.82, 2.24) is 5.32 Å². The first kappa shape index (κ1) is 12.6. The Morgan fingerprint density at radius 3 is 2.76 bits per heavy atom. The molecule has 0 aromatic heterocycles. The molecule has 0 radical (unpaired) electrons. The first-order valence-electron chi connectivity index (χ1n) is 7.05. The van der Waals surface area contributed by atoms with Gasteiger partial charge in [-0.25, -0.2) is 0 Å². The Morgan fingerprint density at radius 2 is 2.00 bits per heavy atom. The number of aryl methyl sites for hydroxylation is 1. The molecule has 1 heterocycles. The normalized spacial score (nSPS) is 25.5. The van der Waals surface area contributed by atoms with E-state index in [-0.39, 0.29) is 0 Å². The molecule has 0 bridgehead atoms. The van der Waals surface area contributed by atoms with Gasteiger partial charge in [-0.2, -0.15) is 0 Å². The second-order valence-corrected chi connectivity index (χ2v) is 5.47. The van der Waals surface area contributed by atoms with Crippen LogP contribution in [-0.2, 0) is 6.42 Å². The average molecular weight is 231 g/mol. The van der Waals surface area contributed by atoms with Gasteiger partial charge in [-0.15, -0.1) is 0 Å². The molecule has 2 rings (SSSR count). The van der Waals surface area contributed by atoms with Gasteiger partial charge in [0.2, 0.25) is 0 Å². The summed E-state index contributed by atoms with van der Waals surface area (Å²) < 4.78 is 0. The van der Waals surface area contributed by atoms with E-state index in [1.807, 2.05) is 0 Å². The Kier molecular flexibility index (Phi) is 4.22. The monoisotopic (exact) mass is 231 g/mol. The predicted molar refractivity (Wildman–Crippen MR) is 74.4 cm³/mol. The minimum atomic E-state index is 0.350. The summed E-state index contributed by atoms with van der Waals surface area (Å²) in [6.07, 6.45) is 7.88. The highest BCUT2D eigenvalue weighted by Crippen LogP contribution is 2.27. The van der Waals surface area contributed by atoms with Crippen LogP contribution in [0.5, 0.6) is 0 Å². The molecule has 1 aromatic rings. The Hall–Kier alpha value is -0.820. The third-order valence-corrected chi connectivity index (χ3v) is 4.30. The molecule has 0 aliphatic carbocycles. The van der Waals surface area contributed by atoms with Crippen LogP contribution in [0, 0.1) is 6.92 Å². The molecule has 0 amide bonds. The molecule has 0 saturated carbocycles. The first-order chi connectivity index (χ1) is 8.26. The zero-order valence-corrected chi connectivity index (χ0v) is 11.3. The quantitative estimate of drug-likeness (QED) is 0.833. The molecule has 1 aliphatic rings. The van der Waals surface area contributed by atoms with E-state index < -0.39 is 0 Å². The van der Waals surface area contributed by atoms with Crippen LogP contribution in [-0.4, -0.2) is 12.1 Å². The molecule has 1 saturated heterocycles. The van der Waals surface area contributed by atoms with E-state index in [0.29, 0.717) is 5.54 Å². The molecular weight excluding hydrogens is 206 g/mol. The Balaban J connectivity index is 2.15. The van der Waals surface area contributed by atoms with Crippen molar-refractivity contribution in [2.45, 2.75) is 57.9 Å². The Morgan fingerprint density at radius 1 is 1.18 bits per heavy atom. The topological polar surface area (TPSA) is 12.0 Å². The maximum atomic E-state index is 3.82. The Labute approximate surface area is 106 Å². The van der Waals surface area contributed by atoms with E-state index in [0.717, 1.165) is 0 Å². The van der Waals surface area contributed by atoms with Crippen molar-refractivity contribution in [3.63, 3.8) is 0 Å². The number of rotatable bonds is 3. The van der Waals surface area contributed by atoms with E-state index in [1.54, 1.807) is 0 Å². The van der Waals surface area contributed by atoms with Crippen molar-refractivity contribution >= 4 is 0 Å². The highest BCUT2D eigenvalue weighted by Gasteiger charge is 2.28. The second kappa shape index (κ2) is 5.68. The smallest absolute Gasteiger partial charge is 0.0219 e. The maximum Gasteiger partial charge on any atom is 0.0219 e. The average Bonchev–Trinajstić information content (AvgIpc) is 2.58. The van der Waals surface area contributed by atoms with E-state index in [1.165, 1.54) is 56.2 Å². The summed E-state index contributed by atoms with van der Waals surface area (Å²) in [4.78, 5) is 0. The van der Waals surface area contributed by atoms with Crippen molar-refractivity contribution in [1.29, 1.82) is 0 Å². The number of hydrogen-bond acceptors (Lipinski definition) is 1. The molecule has 17 heavy (non-hydrogen) atoms. The SMILES string of the molecule is CCC1(Cc2ccccc2C)CCCCCN1. The molecule has 94 valence electrons. The van der Waals surface area contributed by atoms with Gasteiger partial charge in [0, 0.05) is 5.54 Å². The van der Waals surface area contributed by atoms with Gasteiger partial charge in [-0.1, -0.05) is 44.0 Å². The lowest BCUT2D eigenvalue weighted by Gasteiger charge is -2.33. The molecule has 0 spiro atoms. The van der Waals surface area contributed by atoms with Crippen molar-refractivity contribution < 1.29 is 0 Å². The van der Waals surface area contributed by atoms with Crippen LogP contribution in [0.4, 0.5) is 0 Å². The van der Waals surface area contributed by atoms with Crippen LogP contribution in [0.3, 0.4) is 0 Å². The number of benzene rings is 1. The van der Waals surface area contributed by atoms with Gasteiger partial charge in [0.25, 0.3) is 0 Å². The maximum absolute atomic E-state index is 3.82. The fraction of sp³-hybridized carbons (Fsp3) is 0.625. The number of hydrogen-bond donors (Lipinski definition) is 1. The molecule has 1 heteroatoms. The number of nitrogens with one attached hydrogen (secondary N) is 1. The molecule has 1 nitrogen and oxygen atoms in total. The summed E-state index contributed by atoms with van der Waals surface area (Å²) >= 11 is 0. The van der Waals surface area contributed by atoms with Gasteiger partial charge in [0.1, 0.15) is 0 Å². The van der Waals surface area contributed by atoms with Crippen LogP contribution in [0.1, 0.15) is 50.2 Å². The van der Waals surface area contributed by atoms with Gasteiger partial charge in [-0.05, 0) is 50.3 Å². The summed E-state index contributed by atoms with van der Waals surface area (Å²) in [7, 11) is 0. The first-order valence-corrected chi connectivity index (χ1v) is 7.05.